The van der Waals surface area contributed by atoms with E-state index in [0.29, 0.717) is 18.0 Å². The maximum atomic E-state index is 12.5. The van der Waals surface area contributed by atoms with E-state index in [1.165, 1.54) is 6.42 Å². The number of carbonyl (C=O) groups is 1. The molecule has 3 atom stereocenters. The summed E-state index contributed by atoms with van der Waals surface area (Å²) in [7, 11) is 0. The Labute approximate surface area is 115 Å². The van der Waals surface area contributed by atoms with Gasteiger partial charge in [0.2, 0.25) is 5.91 Å². The Bertz CT molecular complexity index is 293. The van der Waals surface area contributed by atoms with Gasteiger partial charge in [0.15, 0.2) is 0 Å². The quantitative estimate of drug-likeness (QED) is 0.752. The highest BCUT2D eigenvalue weighted by atomic mass is 35.5. The molecular weight excluding hydrogens is 252 g/mol. The molecule has 4 nitrogen and oxygen atoms in total. The van der Waals surface area contributed by atoms with Gasteiger partial charge in [-0.05, 0) is 45.1 Å². The number of rotatable bonds is 1. The lowest BCUT2D eigenvalue weighted by atomic mass is 9.97. The highest BCUT2D eigenvalue weighted by Gasteiger charge is 2.44. The number of hydrogen-bond acceptors (Lipinski definition) is 3. The summed E-state index contributed by atoms with van der Waals surface area (Å²) in [6.45, 7) is 0.974. The molecule has 0 aromatic heterocycles. The second-order valence-electron chi connectivity index (χ2n) is 5.76. The van der Waals surface area contributed by atoms with Gasteiger partial charge in [-0.15, -0.1) is 12.4 Å². The highest BCUT2D eigenvalue weighted by Crippen LogP contribution is 2.36. The van der Waals surface area contributed by atoms with Gasteiger partial charge in [-0.25, -0.2) is 0 Å². The van der Waals surface area contributed by atoms with Crippen LogP contribution in [-0.2, 0) is 4.79 Å². The Morgan fingerprint density at radius 3 is 2.33 bits per heavy atom. The van der Waals surface area contributed by atoms with Crippen LogP contribution < -0.4 is 5.32 Å². The van der Waals surface area contributed by atoms with Gasteiger partial charge < -0.3 is 15.3 Å². The van der Waals surface area contributed by atoms with Gasteiger partial charge in [0.25, 0.3) is 0 Å². The molecule has 3 rings (SSSR count). The molecule has 3 fully saturated rings. The average molecular weight is 275 g/mol. The lowest BCUT2D eigenvalue weighted by Gasteiger charge is -2.40. The third-order valence-corrected chi connectivity index (χ3v) is 4.57. The Morgan fingerprint density at radius 2 is 1.78 bits per heavy atom. The molecule has 104 valence electrons. The first-order valence-electron chi connectivity index (χ1n) is 6.99. The maximum Gasteiger partial charge on any atom is 0.240 e. The van der Waals surface area contributed by atoms with E-state index in [1.54, 1.807) is 0 Å². The number of fused-ring (bicyclic) bond motifs is 2. The van der Waals surface area contributed by atoms with Gasteiger partial charge in [0.05, 0.1) is 12.1 Å². The molecular formula is C13H23ClN2O2. The minimum absolute atomic E-state index is 0. The molecule has 0 aromatic carbocycles. The van der Waals surface area contributed by atoms with Crippen molar-refractivity contribution in [3.05, 3.63) is 0 Å². The molecule has 1 amide bonds. The number of piperidine rings is 2. The number of carbonyl (C=O) groups excluding carboxylic acids is 1. The van der Waals surface area contributed by atoms with E-state index in [4.69, 9.17) is 0 Å². The Balaban J connectivity index is 0.00000120. The van der Waals surface area contributed by atoms with Crippen molar-refractivity contribution < 1.29 is 9.90 Å². The second kappa shape index (κ2) is 5.76. The number of aliphatic hydroxyl groups excluding tert-OH is 1. The van der Waals surface area contributed by atoms with Gasteiger partial charge in [-0.3, -0.25) is 4.79 Å². The first-order chi connectivity index (χ1) is 8.25. The number of amides is 1. The fourth-order valence-corrected chi connectivity index (χ4v) is 3.75. The second-order valence-corrected chi connectivity index (χ2v) is 5.76. The summed E-state index contributed by atoms with van der Waals surface area (Å²) < 4.78 is 0. The molecule has 18 heavy (non-hydrogen) atoms. The average Bonchev–Trinajstić information content (AvgIpc) is 2.62. The van der Waals surface area contributed by atoms with Crippen LogP contribution in [0.3, 0.4) is 0 Å². The molecule has 3 aliphatic heterocycles. The molecule has 0 saturated carbocycles. The first-order valence-corrected chi connectivity index (χ1v) is 6.99. The molecule has 0 aliphatic carbocycles. The predicted octanol–water partition coefficient (Wildman–Crippen LogP) is 1.06. The number of hydrogen-bond donors (Lipinski definition) is 2. The minimum atomic E-state index is -0.184. The van der Waals surface area contributed by atoms with E-state index in [-0.39, 0.29) is 24.6 Å². The van der Waals surface area contributed by atoms with E-state index >= 15 is 0 Å². The van der Waals surface area contributed by atoms with Crippen molar-refractivity contribution in [3.8, 4) is 0 Å². The van der Waals surface area contributed by atoms with E-state index in [1.807, 2.05) is 0 Å². The summed E-state index contributed by atoms with van der Waals surface area (Å²) in [6.07, 6.45) is 6.89. The highest BCUT2D eigenvalue weighted by molar-refractivity contribution is 5.85. The fourth-order valence-electron chi connectivity index (χ4n) is 3.75. The monoisotopic (exact) mass is 274 g/mol. The van der Waals surface area contributed by atoms with Crippen LogP contribution in [0.2, 0.25) is 0 Å². The molecule has 0 aromatic rings. The fraction of sp³-hybridized carbons (Fsp3) is 0.923. The predicted molar refractivity (Wildman–Crippen MR) is 71.8 cm³/mol. The van der Waals surface area contributed by atoms with Crippen LogP contribution in [0.4, 0.5) is 0 Å². The molecule has 2 N–H and O–H groups in total. The van der Waals surface area contributed by atoms with Crippen molar-refractivity contribution in [3.63, 3.8) is 0 Å². The summed E-state index contributed by atoms with van der Waals surface area (Å²) >= 11 is 0. The Morgan fingerprint density at radius 1 is 1.11 bits per heavy atom. The molecule has 0 spiro atoms. The van der Waals surface area contributed by atoms with E-state index < -0.39 is 0 Å². The zero-order valence-electron chi connectivity index (χ0n) is 10.7. The van der Waals surface area contributed by atoms with E-state index in [9.17, 15) is 9.90 Å². The van der Waals surface area contributed by atoms with Crippen LogP contribution in [0.25, 0.3) is 0 Å². The van der Waals surface area contributed by atoms with Gasteiger partial charge in [-0.2, -0.15) is 0 Å². The Kier molecular flexibility index (Phi) is 4.51. The molecule has 3 saturated heterocycles. The lowest BCUT2D eigenvalue weighted by molar-refractivity contribution is -0.140. The number of halogens is 1. The molecule has 3 heterocycles. The van der Waals surface area contributed by atoms with Crippen LogP contribution in [0.15, 0.2) is 0 Å². The summed E-state index contributed by atoms with van der Waals surface area (Å²) in [4.78, 5) is 14.6. The topological polar surface area (TPSA) is 52.6 Å². The molecule has 2 bridgehead atoms. The van der Waals surface area contributed by atoms with Crippen molar-refractivity contribution in [1.29, 1.82) is 0 Å². The lowest BCUT2D eigenvalue weighted by Crippen LogP contribution is -2.55. The normalized spacial score (nSPS) is 39.3. The smallest absolute Gasteiger partial charge is 0.240 e. The van der Waals surface area contributed by atoms with Crippen molar-refractivity contribution in [1.82, 2.24) is 10.2 Å². The van der Waals surface area contributed by atoms with E-state index in [0.717, 1.165) is 45.1 Å². The van der Waals surface area contributed by atoms with Crippen molar-refractivity contribution in [2.75, 3.05) is 6.54 Å². The zero-order chi connectivity index (χ0) is 11.8. The van der Waals surface area contributed by atoms with Gasteiger partial charge in [-0.1, -0.05) is 6.42 Å². The summed E-state index contributed by atoms with van der Waals surface area (Å²) in [5.74, 6) is 0.295. The first kappa shape index (κ1) is 14.1. The zero-order valence-corrected chi connectivity index (χ0v) is 11.5. The van der Waals surface area contributed by atoms with E-state index in [2.05, 4.69) is 10.2 Å². The Hall–Kier alpha value is -0.320. The molecule has 3 aliphatic rings. The van der Waals surface area contributed by atoms with Crippen LogP contribution in [0.1, 0.15) is 44.9 Å². The van der Waals surface area contributed by atoms with Crippen molar-refractivity contribution in [2.45, 2.75) is 69.2 Å². The molecule has 0 radical (unpaired) electrons. The van der Waals surface area contributed by atoms with Crippen molar-refractivity contribution in [2.24, 2.45) is 0 Å². The van der Waals surface area contributed by atoms with Crippen LogP contribution in [-0.4, -0.2) is 46.7 Å². The minimum Gasteiger partial charge on any atom is -0.393 e. The van der Waals surface area contributed by atoms with Crippen LogP contribution in [0.5, 0.6) is 0 Å². The van der Waals surface area contributed by atoms with Gasteiger partial charge >= 0.3 is 0 Å². The summed E-state index contributed by atoms with van der Waals surface area (Å²) in [6, 6.07) is 0.655. The number of nitrogens with zero attached hydrogens (tertiary/aromatic N) is 1. The summed E-state index contributed by atoms with van der Waals surface area (Å²) in [5.41, 5.74) is 0. The molecule has 5 heteroatoms. The van der Waals surface area contributed by atoms with Crippen molar-refractivity contribution >= 4 is 18.3 Å². The van der Waals surface area contributed by atoms with Crippen LogP contribution in [0, 0.1) is 0 Å². The third kappa shape index (κ3) is 2.51. The standard InChI is InChI=1S/C13H22N2O2.ClH/c16-11-7-9-4-5-10(8-11)15(9)13(17)12-3-1-2-6-14-12;/h9-12,14,16H,1-8H2;1H/t9?,10?,11?,12-;/m1./s1. The third-order valence-electron chi connectivity index (χ3n) is 4.57. The maximum absolute atomic E-state index is 12.5. The molecule has 2 unspecified atom stereocenters. The van der Waals surface area contributed by atoms with Gasteiger partial charge in [0, 0.05) is 12.1 Å². The number of nitrogens with one attached hydrogen (secondary N) is 1. The largest absolute Gasteiger partial charge is 0.393 e. The van der Waals surface area contributed by atoms with Crippen LogP contribution >= 0.6 is 12.4 Å². The number of aliphatic hydroxyl groups is 1. The SMILES string of the molecule is Cl.O=C([C@H]1CCCCN1)N1C2CCC1CC(O)C2. The van der Waals surface area contributed by atoms with Gasteiger partial charge in [0.1, 0.15) is 0 Å². The summed E-state index contributed by atoms with van der Waals surface area (Å²) in [5, 5.41) is 13.1.